The van der Waals surface area contributed by atoms with E-state index >= 15 is 0 Å². The van der Waals surface area contributed by atoms with Gasteiger partial charge in [0.15, 0.2) is 0 Å². The molecule has 0 fully saturated rings. The molecule has 0 heterocycles. The summed E-state index contributed by atoms with van der Waals surface area (Å²) >= 11 is 0. The lowest BCUT2D eigenvalue weighted by Crippen LogP contribution is -2.06. The molecule has 98 valence electrons. The number of hydrogen-bond acceptors (Lipinski definition) is 3. The van der Waals surface area contributed by atoms with Crippen molar-refractivity contribution in [1.82, 2.24) is 0 Å². The first-order chi connectivity index (χ1) is 9.30. The van der Waals surface area contributed by atoms with Crippen molar-refractivity contribution in [3.8, 4) is 5.75 Å². The fraction of sp³-hybridized carbons (Fsp3) is 0.188. The third kappa shape index (κ3) is 2.83. The Morgan fingerprint density at radius 1 is 1.00 bits per heavy atom. The Bertz CT molecular complexity index is 546. The normalized spacial score (nSPS) is 11.9. The maximum Gasteiger partial charge on any atom is 0.150 e. The van der Waals surface area contributed by atoms with Crippen LogP contribution in [0.4, 0.5) is 0 Å². The first-order valence-corrected chi connectivity index (χ1v) is 6.01. The Labute approximate surface area is 112 Å². The highest BCUT2D eigenvalue weighted by atomic mass is 16.5. The minimum absolute atomic E-state index is 0.257. The Hall–Kier alpha value is -2.13. The van der Waals surface area contributed by atoms with Crippen molar-refractivity contribution in [2.45, 2.75) is 6.10 Å². The van der Waals surface area contributed by atoms with Gasteiger partial charge in [0.1, 0.15) is 18.1 Å². The van der Waals surface area contributed by atoms with Crippen LogP contribution in [0.25, 0.3) is 0 Å². The van der Waals surface area contributed by atoms with Crippen molar-refractivity contribution >= 4 is 6.29 Å². The molecule has 0 aromatic heterocycles. The summed E-state index contributed by atoms with van der Waals surface area (Å²) < 4.78 is 10.7. The van der Waals surface area contributed by atoms with Crippen LogP contribution in [0.3, 0.4) is 0 Å². The minimum atomic E-state index is -0.257. The predicted octanol–water partition coefficient (Wildman–Crippen LogP) is 3.24. The van der Waals surface area contributed by atoms with Gasteiger partial charge in [-0.3, -0.25) is 4.79 Å². The van der Waals surface area contributed by atoms with Crippen LogP contribution in [0.1, 0.15) is 27.6 Å². The van der Waals surface area contributed by atoms with Crippen molar-refractivity contribution in [3.63, 3.8) is 0 Å². The second kappa shape index (κ2) is 6.16. The molecule has 0 spiro atoms. The SMILES string of the molecule is COc1ccc(C(OC)c2ccccc2C=O)cc1. The van der Waals surface area contributed by atoms with Gasteiger partial charge >= 0.3 is 0 Å². The van der Waals surface area contributed by atoms with Crippen molar-refractivity contribution in [2.24, 2.45) is 0 Å². The average Bonchev–Trinajstić information content (AvgIpc) is 2.49. The number of hydrogen-bond donors (Lipinski definition) is 0. The van der Waals surface area contributed by atoms with Gasteiger partial charge < -0.3 is 9.47 Å². The Morgan fingerprint density at radius 3 is 2.26 bits per heavy atom. The van der Waals surface area contributed by atoms with E-state index in [2.05, 4.69) is 0 Å². The molecule has 1 unspecified atom stereocenters. The first-order valence-electron chi connectivity index (χ1n) is 6.01. The number of carbonyl (C=O) groups is 1. The van der Waals surface area contributed by atoms with Gasteiger partial charge in [0.05, 0.1) is 7.11 Å². The van der Waals surface area contributed by atoms with Crippen LogP contribution in [0.15, 0.2) is 48.5 Å². The number of benzene rings is 2. The second-order valence-corrected chi connectivity index (χ2v) is 4.14. The van der Waals surface area contributed by atoms with Crippen LogP contribution in [0, 0.1) is 0 Å². The fourth-order valence-electron chi connectivity index (χ4n) is 2.08. The summed E-state index contributed by atoms with van der Waals surface area (Å²) in [6.07, 6.45) is 0.595. The summed E-state index contributed by atoms with van der Waals surface area (Å²) in [4.78, 5) is 11.1. The Morgan fingerprint density at radius 2 is 1.68 bits per heavy atom. The van der Waals surface area contributed by atoms with E-state index in [1.54, 1.807) is 20.3 Å². The maximum atomic E-state index is 11.1. The number of methoxy groups -OCH3 is 2. The van der Waals surface area contributed by atoms with Gasteiger partial charge in [0.2, 0.25) is 0 Å². The smallest absolute Gasteiger partial charge is 0.150 e. The zero-order chi connectivity index (χ0) is 13.7. The Balaban J connectivity index is 2.40. The summed E-state index contributed by atoms with van der Waals surface area (Å²) in [5.74, 6) is 0.794. The van der Waals surface area contributed by atoms with Gasteiger partial charge in [-0.15, -0.1) is 0 Å². The highest BCUT2D eigenvalue weighted by molar-refractivity contribution is 5.77. The van der Waals surface area contributed by atoms with E-state index in [9.17, 15) is 4.79 Å². The van der Waals surface area contributed by atoms with Crippen LogP contribution in [0.5, 0.6) is 5.75 Å². The summed E-state index contributed by atoms with van der Waals surface area (Å²) in [7, 11) is 3.26. The molecular formula is C16H16O3. The zero-order valence-electron chi connectivity index (χ0n) is 11.0. The molecule has 1 atom stereocenters. The monoisotopic (exact) mass is 256 g/mol. The first kappa shape index (κ1) is 13.3. The van der Waals surface area contributed by atoms with Crippen LogP contribution >= 0.6 is 0 Å². The highest BCUT2D eigenvalue weighted by Crippen LogP contribution is 2.28. The molecule has 2 rings (SSSR count). The van der Waals surface area contributed by atoms with Gasteiger partial charge in [-0.25, -0.2) is 0 Å². The van der Waals surface area contributed by atoms with Gasteiger partial charge in [-0.05, 0) is 23.3 Å². The van der Waals surface area contributed by atoms with E-state index in [1.807, 2.05) is 42.5 Å². The lowest BCUT2D eigenvalue weighted by atomic mass is 9.97. The zero-order valence-corrected chi connectivity index (χ0v) is 11.0. The molecule has 2 aromatic carbocycles. The average molecular weight is 256 g/mol. The van der Waals surface area contributed by atoms with E-state index < -0.39 is 0 Å². The van der Waals surface area contributed by atoms with Crippen molar-refractivity contribution in [2.75, 3.05) is 14.2 Å². The standard InChI is InChI=1S/C16H16O3/c1-18-14-9-7-12(8-10-14)16(19-2)15-6-4-3-5-13(15)11-17/h3-11,16H,1-2H3. The van der Waals surface area contributed by atoms with E-state index in [0.29, 0.717) is 5.56 Å². The lowest BCUT2D eigenvalue weighted by molar-refractivity contribution is 0.110. The summed E-state index contributed by atoms with van der Waals surface area (Å²) in [6, 6.07) is 15.1. The van der Waals surface area contributed by atoms with Gasteiger partial charge in [-0.1, -0.05) is 36.4 Å². The van der Waals surface area contributed by atoms with Crippen LogP contribution in [0.2, 0.25) is 0 Å². The molecule has 0 saturated carbocycles. The Kier molecular flexibility index (Phi) is 4.31. The number of carbonyl (C=O) groups excluding carboxylic acids is 1. The molecule has 0 N–H and O–H groups in total. The van der Waals surface area contributed by atoms with Crippen LogP contribution < -0.4 is 4.74 Å². The number of rotatable bonds is 5. The largest absolute Gasteiger partial charge is 0.497 e. The third-order valence-electron chi connectivity index (χ3n) is 3.06. The second-order valence-electron chi connectivity index (χ2n) is 4.14. The topological polar surface area (TPSA) is 35.5 Å². The number of aldehydes is 1. The summed E-state index contributed by atoms with van der Waals surface area (Å²) in [6.45, 7) is 0. The molecule has 0 saturated heterocycles. The molecule has 0 aliphatic rings. The maximum absolute atomic E-state index is 11.1. The molecular weight excluding hydrogens is 240 g/mol. The van der Waals surface area contributed by atoms with Gasteiger partial charge in [-0.2, -0.15) is 0 Å². The number of ether oxygens (including phenoxy) is 2. The highest BCUT2D eigenvalue weighted by Gasteiger charge is 2.16. The molecule has 0 aliphatic carbocycles. The van der Waals surface area contributed by atoms with E-state index in [-0.39, 0.29) is 6.10 Å². The lowest BCUT2D eigenvalue weighted by Gasteiger charge is -2.18. The van der Waals surface area contributed by atoms with Crippen molar-refractivity contribution in [3.05, 3.63) is 65.2 Å². The van der Waals surface area contributed by atoms with E-state index in [1.165, 1.54) is 0 Å². The predicted molar refractivity (Wildman–Crippen MR) is 73.7 cm³/mol. The molecule has 2 aromatic rings. The van der Waals surface area contributed by atoms with Crippen LogP contribution in [-0.2, 0) is 4.74 Å². The van der Waals surface area contributed by atoms with Crippen molar-refractivity contribution in [1.29, 1.82) is 0 Å². The molecule has 3 nitrogen and oxygen atoms in total. The van der Waals surface area contributed by atoms with Gasteiger partial charge in [0.25, 0.3) is 0 Å². The molecule has 0 bridgehead atoms. The molecule has 3 heteroatoms. The quantitative estimate of drug-likeness (QED) is 0.770. The fourth-order valence-corrected chi connectivity index (χ4v) is 2.08. The molecule has 19 heavy (non-hydrogen) atoms. The third-order valence-corrected chi connectivity index (χ3v) is 3.06. The van der Waals surface area contributed by atoms with E-state index in [0.717, 1.165) is 23.2 Å². The summed E-state index contributed by atoms with van der Waals surface area (Å²) in [5, 5.41) is 0. The minimum Gasteiger partial charge on any atom is -0.497 e. The van der Waals surface area contributed by atoms with Crippen molar-refractivity contribution < 1.29 is 14.3 Å². The summed E-state index contributed by atoms with van der Waals surface area (Å²) in [5.41, 5.74) is 2.49. The van der Waals surface area contributed by atoms with Gasteiger partial charge in [0, 0.05) is 12.7 Å². The van der Waals surface area contributed by atoms with E-state index in [4.69, 9.17) is 9.47 Å². The molecule has 0 amide bonds. The van der Waals surface area contributed by atoms with Crippen LogP contribution in [-0.4, -0.2) is 20.5 Å². The molecule has 0 radical (unpaired) electrons. The molecule has 0 aliphatic heterocycles.